The molecule has 1 aliphatic rings. The Morgan fingerprint density at radius 2 is 1.64 bits per heavy atom. The third-order valence-electron chi connectivity index (χ3n) is 4.47. The number of benzene rings is 2. The van der Waals surface area contributed by atoms with Crippen LogP contribution in [0, 0.1) is 0 Å². The van der Waals surface area contributed by atoms with Crippen LogP contribution in [-0.2, 0) is 9.57 Å². The molecule has 0 unspecified atom stereocenters. The summed E-state index contributed by atoms with van der Waals surface area (Å²) >= 11 is 0. The van der Waals surface area contributed by atoms with Crippen molar-refractivity contribution in [2.45, 2.75) is 38.9 Å². The summed E-state index contributed by atoms with van der Waals surface area (Å²) in [7, 11) is 0. The first-order valence-corrected chi connectivity index (χ1v) is 10.5. The van der Waals surface area contributed by atoms with Crippen molar-refractivity contribution in [2.75, 3.05) is 5.32 Å². The number of carbonyl (C=O) groups is 1. The number of ether oxygens (including phenoxy) is 3. The number of carbonyl (C=O) groups excluding carboxylic acids is 1. The SMILES string of the molecule is CC(C)(C)OC(=O)Nc1ccc(OC2=NO[C@@H](c3ccc(Oc4ccccc4)cc3)C2)cn1. The molecule has 33 heavy (non-hydrogen) atoms. The Labute approximate surface area is 192 Å². The number of rotatable bonds is 5. The molecular weight excluding hydrogens is 422 g/mol. The van der Waals surface area contributed by atoms with E-state index in [1.165, 1.54) is 6.20 Å². The van der Waals surface area contributed by atoms with Gasteiger partial charge >= 0.3 is 6.09 Å². The Morgan fingerprint density at radius 3 is 2.30 bits per heavy atom. The van der Waals surface area contributed by atoms with E-state index in [0.717, 1.165) is 17.1 Å². The number of nitrogens with one attached hydrogen (secondary N) is 1. The van der Waals surface area contributed by atoms with Gasteiger partial charge in [0.2, 0.25) is 5.90 Å². The van der Waals surface area contributed by atoms with Gasteiger partial charge in [-0.15, -0.1) is 0 Å². The Bertz CT molecular complexity index is 1110. The van der Waals surface area contributed by atoms with Crippen LogP contribution in [0.3, 0.4) is 0 Å². The second kappa shape index (κ2) is 9.60. The smallest absolute Gasteiger partial charge is 0.413 e. The van der Waals surface area contributed by atoms with Crippen LogP contribution in [-0.4, -0.2) is 22.6 Å². The van der Waals surface area contributed by atoms with E-state index in [1.54, 1.807) is 32.9 Å². The van der Waals surface area contributed by atoms with E-state index in [9.17, 15) is 4.79 Å². The molecule has 1 amide bonds. The minimum absolute atomic E-state index is 0.244. The van der Waals surface area contributed by atoms with Crippen LogP contribution in [0.25, 0.3) is 0 Å². The fourth-order valence-electron chi connectivity index (χ4n) is 3.03. The average molecular weight is 447 g/mol. The molecule has 1 aromatic heterocycles. The first-order valence-electron chi connectivity index (χ1n) is 10.5. The summed E-state index contributed by atoms with van der Waals surface area (Å²) in [4.78, 5) is 21.5. The number of amides is 1. The zero-order valence-electron chi connectivity index (χ0n) is 18.6. The summed E-state index contributed by atoms with van der Waals surface area (Å²) in [6.07, 6.45) is 1.17. The van der Waals surface area contributed by atoms with Crippen LogP contribution in [0.2, 0.25) is 0 Å². The molecule has 3 aromatic rings. The Hall–Kier alpha value is -4.07. The number of pyridine rings is 1. The molecule has 8 heteroatoms. The molecule has 1 atom stereocenters. The molecule has 8 nitrogen and oxygen atoms in total. The van der Waals surface area contributed by atoms with E-state index in [2.05, 4.69) is 15.5 Å². The fraction of sp³-hybridized carbons (Fsp3) is 0.240. The standard InChI is InChI=1S/C25H25N3O5/c1-25(2,3)32-24(29)27-22-14-13-20(16-26-22)31-23-15-21(33-28-23)17-9-11-19(12-10-17)30-18-7-5-4-6-8-18/h4-14,16,21H,15H2,1-3H3,(H,26,27,29)/t21-/m1/s1. The lowest BCUT2D eigenvalue weighted by molar-refractivity contribution is 0.0635. The molecule has 0 radical (unpaired) electrons. The second-order valence-corrected chi connectivity index (χ2v) is 8.38. The van der Waals surface area contributed by atoms with Crippen LogP contribution in [0.5, 0.6) is 17.2 Å². The van der Waals surface area contributed by atoms with Gasteiger partial charge in [0.25, 0.3) is 0 Å². The molecule has 2 heterocycles. The average Bonchev–Trinajstić information content (AvgIpc) is 3.23. The number of nitrogens with zero attached hydrogens (tertiary/aromatic N) is 2. The van der Waals surface area contributed by atoms with Gasteiger partial charge in [0.1, 0.15) is 28.7 Å². The van der Waals surface area contributed by atoms with Crippen molar-refractivity contribution in [3.05, 3.63) is 78.5 Å². The van der Waals surface area contributed by atoms with Crippen molar-refractivity contribution in [3.8, 4) is 17.2 Å². The number of para-hydroxylation sites is 1. The Balaban J connectivity index is 1.28. The lowest BCUT2D eigenvalue weighted by atomic mass is 10.1. The molecule has 0 spiro atoms. The summed E-state index contributed by atoms with van der Waals surface area (Å²) in [5.41, 5.74) is 0.382. The van der Waals surface area contributed by atoms with Crippen molar-refractivity contribution >= 4 is 17.8 Å². The van der Waals surface area contributed by atoms with E-state index in [0.29, 0.717) is 23.9 Å². The van der Waals surface area contributed by atoms with Crippen molar-refractivity contribution in [1.29, 1.82) is 0 Å². The molecule has 0 aliphatic carbocycles. The number of hydrogen-bond acceptors (Lipinski definition) is 7. The summed E-state index contributed by atoms with van der Waals surface area (Å²) in [5, 5.41) is 6.61. The molecule has 1 N–H and O–H groups in total. The third-order valence-corrected chi connectivity index (χ3v) is 4.47. The van der Waals surface area contributed by atoms with Gasteiger partial charge in [-0.25, -0.2) is 9.78 Å². The highest BCUT2D eigenvalue weighted by molar-refractivity contribution is 5.84. The monoisotopic (exact) mass is 447 g/mol. The summed E-state index contributed by atoms with van der Waals surface area (Å²) in [6, 6.07) is 20.6. The zero-order valence-corrected chi connectivity index (χ0v) is 18.6. The molecule has 170 valence electrons. The molecule has 1 aliphatic heterocycles. The molecule has 4 rings (SSSR count). The van der Waals surface area contributed by atoms with Gasteiger partial charge in [-0.2, -0.15) is 0 Å². The van der Waals surface area contributed by atoms with E-state index in [1.807, 2.05) is 54.6 Å². The van der Waals surface area contributed by atoms with Crippen LogP contribution >= 0.6 is 0 Å². The summed E-state index contributed by atoms with van der Waals surface area (Å²) in [5.74, 6) is 2.81. The van der Waals surface area contributed by atoms with Gasteiger partial charge in [-0.1, -0.05) is 35.5 Å². The highest BCUT2D eigenvalue weighted by Crippen LogP contribution is 2.30. The predicted octanol–water partition coefficient (Wildman–Crippen LogP) is 6.07. The van der Waals surface area contributed by atoms with Gasteiger partial charge in [-0.3, -0.25) is 5.32 Å². The van der Waals surface area contributed by atoms with Crippen LogP contribution in [0.15, 0.2) is 78.1 Å². The van der Waals surface area contributed by atoms with Gasteiger partial charge in [-0.05, 0) is 62.7 Å². The second-order valence-electron chi connectivity index (χ2n) is 8.38. The van der Waals surface area contributed by atoms with E-state index in [4.69, 9.17) is 19.0 Å². The number of hydrogen-bond donors (Lipinski definition) is 1. The number of anilines is 1. The third kappa shape index (κ3) is 6.46. The summed E-state index contributed by atoms with van der Waals surface area (Å²) in [6.45, 7) is 5.38. The first kappa shape index (κ1) is 22.1. The van der Waals surface area contributed by atoms with Crippen molar-refractivity contribution in [1.82, 2.24) is 4.98 Å². The van der Waals surface area contributed by atoms with E-state index >= 15 is 0 Å². The minimum Gasteiger partial charge on any atom is -0.457 e. The quantitative estimate of drug-likeness (QED) is 0.510. The van der Waals surface area contributed by atoms with Crippen molar-refractivity contribution < 1.29 is 23.8 Å². The molecular formula is C25H25N3O5. The zero-order chi connectivity index (χ0) is 23.3. The van der Waals surface area contributed by atoms with Gasteiger partial charge in [0.05, 0.1) is 12.6 Å². The highest BCUT2D eigenvalue weighted by atomic mass is 16.7. The molecule has 0 saturated carbocycles. The molecule has 2 aromatic carbocycles. The lowest BCUT2D eigenvalue weighted by Gasteiger charge is -2.19. The fourth-order valence-corrected chi connectivity index (χ4v) is 3.03. The lowest BCUT2D eigenvalue weighted by Crippen LogP contribution is -2.27. The van der Waals surface area contributed by atoms with Gasteiger partial charge in [0.15, 0.2) is 6.10 Å². The Morgan fingerprint density at radius 1 is 0.939 bits per heavy atom. The minimum atomic E-state index is -0.584. The van der Waals surface area contributed by atoms with Crippen LogP contribution < -0.4 is 14.8 Å². The van der Waals surface area contributed by atoms with Crippen molar-refractivity contribution in [3.63, 3.8) is 0 Å². The van der Waals surface area contributed by atoms with Gasteiger partial charge < -0.3 is 19.0 Å². The summed E-state index contributed by atoms with van der Waals surface area (Å²) < 4.78 is 16.8. The molecule has 0 bridgehead atoms. The largest absolute Gasteiger partial charge is 0.457 e. The molecule has 0 saturated heterocycles. The predicted molar refractivity (Wildman–Crippen MR) is 124 cm³/mol. The van der Waals surface area contributed by atoms with Crippen LogP contribution in [0.1, 0.15) is 38.9 Å². The highest BCUT2D eigenvalue weighted by Gasteiger charge is 2.25. The first-order chi connectivity index (χ1) is 15.8. The molecule has 0 fully saturated rings. The number of oxime groups is 1. The van der Waals surface area contributed by atoms with E-state index < -0.39 is 11.7 Å². The van der Waals surface area contributed by atoms with Crippen molar-refractivity contribution in [2.24, 2.45) is 5.16 Å². The van der Waals surface area contributed by atoms with E-state index in [-0.39, 0.29) is 6.10 Å². The Kier molecular flexibility index (Phi) is 6.44. The normalized spacial score (nSPS) is 15.2. The van der Waals surface area contributed by atoms with Gasteiger partial charge in [0, 0.05) is 0 Å². The maximum absolute atomic E-state index is 11.8. The topological polar surface area (TPSA) is 91.3 Å². The number of aromatic nitrogens is 1. The maximum atomic E-state index is 11.8. The maximum Gasteiger partial charge on any atom is 0.413 e. The van der Waals surface area contributed by atoms with Crippen LogP contribution in [0.4, 0.5) is 10.6 Å².